The van der Waals surface area contributed by atoms with E-state index >= 15 is 0 Å². The Balaban J connectivity index is 1.43. The number of piperazine rings is 1. The Morgan fingerprint density at radius 1 is 1.12 bits per heavy atom. The molecule has 0 bridgehead atoms. The highest BCUT2D eigenvalue weighted by molar-refractivity contribution is 5.95. The maximum Gasteiger partial charge on any atom is 0.257 e. The summed E-state index contributed by atoms with van der Waals surface area (Å²) in [6.07, 6.45) is 5.35. The fourth-order valence-electron chi connectivity index (χ4n) is 3.58. The third-order valence-corrected chi connectivity index (χ3v) is 5.61. The van der Waals surface area contributed by atoms with Gasteiger partial charge in [0.2, 0.25) is 5.95 Å². The predicted molar refractivity (Wildman–Crippen MR) is 93.7 cm³/mol. The molecule has 0 aromatic carbocycles. The minimum absolute atomic E-state index is 0.0943. The number of hydrogen-bond acceptors (Lipinski definition) is 5. The molecule has 1 amide bonds. The molecular formula is C17H25N7O. The minimum Gasteiger partial charge on any atom is -0.337 e. The van der Waals surface area contributed by atoms with Crippen LogP contribution in [0.2, 0.25) is 0 Å². The zero-order valence-electron chi connectivity index (χ0n) is 15.1. The number of carbonyl (C=O) groups is 1. The van der Waals surface area contributed by atoms with E-state index in [9.17, 15) is 4.79 Å². The van der Waals surface area contributed by atoms with Gasteiger partial charge in [-0.25, -0.2) is 0 Å². The average molecular weight is 343 g/mol. The number of aryl methyl sites for hydroxylation is 1. The summed E-state index contributed by atoms with van der Waals surface area (Å²) in [7, 11) is 1.97. The minimum atomic E-state index is 0.0943. The number of amides is 1. The molecule has 1 aliphatic heterocycles. The van der Waals surface area contributed by atoms with Gasteiger partial charge in [-0.1, -0.05) is 0 Å². The lowest BCUT2D eigenvalue weighted by atomic mass is 9.93. The summed E-state index contributed by atoms with van der Waals surface area (Å²) in [6, 6.07) is 0.484. The quantitative estimate of drug-likeness (QED) is 0.840. The molecular weight excluding hydrogens is 318 g/mol. The van der Waals surface area contributed by atoms with Gasteiger partial charge in [0.1, 0.15) is 5.82 Å². The first-order chi connectivity index (χ1) is 12.1. The van der Waals surface area contributed by atoms with E-state index in [1.54, 1.807) is 6.20 Å². The van der Waals surface area contributed by atoms with E-state index in [2.05, 4.69) is 20.2 Å². The lowest BCUT2D eigenvalue weighted by Crippen LogP contribution is -2.49. The van der Waals surface area contributed by atoms with Crippen LogP contribution >= 0.6 is 0 Å². The van der Waals surface area contributed by atoms with Crippen molar-refractivity contribution in [2.75, 3.05) is 31.1 Å². The van der Waals surface area contributed by atoms with Crippen LogP contribution in [0.4, 0.5) is 5.95 Å². The summed E-state index contributed by atoms with van der Waals surface area (Å²) in [5, 5.41) is 12.8. The van der Waals surface area contributed by atoms with E-state index in [0.717, 1.165) is 36.1 Å². The van der Waals surface area contributed by atoms with Gasteiger partial charge < -0.3 is 14.4 Å². The van der Waals surface area contributed by atoms with Crippen molar-refractivity contribution in [2.45, 2.75) is 39.2 Å². The molecule has 3 heterocycles. The fraction of sp³-hybridized carbons (Fsp3) is 0.647. The van der Waals surface area contributed by atoms with Gasteiger partial charge in [0, 0.05) is 38.9 Å². The molecule has 2 aromatic rings. The Morgan fingerprint density at radius 3 is 2.40 bits per heavy atom. The molecule has 1 saturated heterocycles. The van der Waals surface area contributed by atoms with E-state index in [4.69, 9.17) is 0 Å². The molecule has 8 heteroatoms. The molecule has 25 heavy (non-hydrogen) atoms. The number of hydrogen-bond donors (Lipinski definition) is 0. The summed E-state index contributed by atoms with van der Waals surface area (Å²) >= 11 is 0. The topological polar surface area (TPSA) is 72.1 Å². The summed E-state index contributed by atoms with van der Waals surface area (Å²) in [6.45, 7) is 6.88. The Kier molecular flexibility index (Phi) is 3.97. The Bertz CT molecular complexity index is 781. The van der Waals surface area contributed by atoms with E-state index in [1.165, 1.54) is 19.3 Å². The second kappa shape index (κ2) is 6.16. The summed E-state index contributed by atoms with van der Waals surface area (Å²) in [5.41, 5.74) is 1.75. The first-order valence-corrected chi connectivity index (χ1v) is 9.00. The molecule has 2 fully saturated rings. The largest absolute Gasteiger partial charge is 0.337 e. The lowest BCUT2D eigenvalue weighted by molar-refractivity contribution is 0.0745. The van der Waals surface area contributed by atoms with Gasteiger partial charge >= 0.3 is 0 Å². The van der Waals surface area contributed by atoms with Crippen molar-refractivity contribution in [3.05, 3.63) is 23.3 Å². The van der Waals surface area contributed by atoms with E-state index in [-0.39, 0.29) is 5.91 Å². The number of nitrogens with zero attached hydrogens (tertiary/aromatic N) is 7. The van der Waals surface area contributed by atoms with Gasteiger partial charge in [-0.15, -0.1) is 10.2 Å². The average Bonchev–Trinajstić information content (AvgIpc) is 3.10. The molecule has 0 unspecified atom stereocenters. The van der Waals surface area contributed by atoms with Crippen LogP contribution < -0.4 is 4.90 Å². The number of aromatic nitrogens is 5. The van der Waals surface area contributed by atoms with Crippen LogP contribution in [-0.2, 0) is 7.05 Å². The highest BCUT2D eigenvalue weighted by Crippen LogP contribution is 2.32. The van der Waals surface area contributed by atoms with Crippen molar-refractivity contribution in [2.24, 2.45) is 7.05 Å². The number of rotatable bonds is 3. The monoisotopic (exact) mass is 343 g/mol. The van der Waals surface area contributed by atoms with Crippen molar-refractivity contribution in [3.8, 4) is 0 Å². The van der Waals surface area contributed by atoms with Crippen molar-refractivity contribution in [3.63, 3.8) is 0 Å². The Hall–Kier alpha value is -2.38. The zero-order valence-corrected chi connectivity index (χ0v) is 15.1. The van der Waals surface area contributed by atoms with Gasteiger partial charge in [-0.05, 0) is 33.1 Å². The van der Waals surface area contributed by atoms with Gasteiger partial charge in [-0.2, -0.15) is 5.10 Å². The molecule has 1 saturated carbocycles. The van der Waals surface area contributed by atoms with E-state index in [1.807, 2.05) is 35.0 Å². The highest BCUT2D eigenvalue weighted by atomic mass is 16.2. The third kappa shape index (κ3) is 2.69. The van der Waals surface area contributed by atoms with Crippen LogP contribution in [0.15, 0.2) is 6.20 Å². The van der Waals surface area contributed by atoms with Crippen molar-refractivity contribution in [1.82, 2.24) is 29.4 Å². The molecule has 134 valence electrons. The SMILES string of the molecule is Cc1c(C(=O)N2CCN(c3nnc(C)n3C)CC2)cnn1C1CCC1. The maximum atomic E-state index is 12.9. The molecule has 1 aliphatic carbocycles. The van der Waals surface area contributed by atoms with Crippen molar-refractivity contribution in [1.29, 1.82) is 0 Å². The van der Waals surface area contributed by atoms with Crippen molar-refractivity contribution < 1.29 is 4.79 Å². The second-order valence-corrected chi connectivity index (χ2v) is 7.06. The van der Waals surface area contributed by atoms with Gasteiger partial charge in [-0.3, -0.25) is 9.48 Å². The van der Waals surface area contributed by atoms with Crippen LogP contribution in [0.1, 0.15) is 47.2 Å². The zero-order chi connectivity index (χ0) is 17.6. The maximum absolute atomic E-state index is 12.9. The molecule has 2 aromatic heterocycles. The molecule has 2 aliphatic rings. The first-order valence-electron chi connectivity index (χ1n) is 9.00. The van der Waals surface area contributed by atoms with Crippen LogP contribution in [0.25, 0.3) is 0 Å². The molecule has 0 spiro atoms. The van der Waals surface area contributed by atoms with Gasteiger partial charge in [0.05, 0.1) is 17.8 Å². The molecule has 0 atom stereocenters. The van der Waals surface area contributed by atoms with Crippen LogP contribution in [0.5, 0.6) is 0 Å². The summed E-state index contributed by atoms with van der Waals surface area (Å²) < 4.78 is 4.03. The Labute approximate surface area is 147 Å². The van der Waals surface area contributed by atoms with Crippen LogP contribution in [0, 0.1) is 13.8 Å². The molecule has 4 rings (SSSR count). The summed E-state index contributed by atoms with van der Waals surface area (Å²) in [5.74, 6) is 1.86. The predicted octanol–water partition coefficient (Wildman–Crippen LogP) is 1.32. The first kappa shape index (κ1) is 16.1. The smallest absolute Gasteiger partial charge is 0.257 e. The normalized spacial score (nSPS) is 18.5. The van der Waals surface area contributed by atoms with Crippen LogP contribution in [0.3, 0.4) is 0 Å². The number of carbonyl (C=O) groups excluding carboxylic acids is 1. The lowest BCUT2D eigenvalue weighted by Gasteiger charge is -2.35. The highest BCUT2D eigenvalue weighted by Gasteiger charge is 2.29. The van der Waals surface area contributed by atoms with Gasteiger partial charge in [0.15, 0.2) is 0 Å². The standard InChI is InChI=1S/C17H25N7O/c1-12-15(11-18-24(12)14-5-4-6-14)16(25)22-7-9-23(10-8-22)17-20-19-13(2)21(17)3/h11,14H,4-10H2,1-3H3. The molecule has 0 N–H and O–H groups in total. The van der Waals surface area contributed by atoms with Gasteiger partial charge in [0.25, 0.3) is 5.91 Å². The summed E-state index contributed by atoms with van der Waals surface area (Å²) in [4.78, 5) is 17.0. The van der Waals surface area contributed by atoms with Crippen LogP contribution in [-0.4, -0.2) is 61.5 Å². The van der Waals surface area contributed by atoms with Crippen molar-refractivity contribution >= 4 is 11.9 Å². The van der Waals surface area contributed by atoms with E-state index in [0.29, 0.717) is 19.1 Å². The third-order valence-electron chi connectivity index (χ3n) is 5.61. The van der Waals surface area contributed by atoms with E-state index < -0.39 is 0 Å². The Morgan fingerprint density at radius 2 is 1.84 bits per heavy atom. The fourth-order valence-corrected chi connectivity index (χ4v) is 3.58. The molecule has 0 radical (unpaired) electrons. The number of anilines is 1. The second-order valence-electron chi connectivity index (χ2n) is 7.06. The molecule has 8 nitrogen and oxygen atoms in total.